The fourth-order valence-electron chi connectivity index (χ4n) is 2.29. The number of hydrogen-bond acceptors (Lipinski definition) is 4. The Kier molecular flexibility index (Phi) is 6.32. The zero-order valence-electron chi connectivity index (χ0n) is 14.1. The first-order valence-corrected chi connectivity index (χ1v) is 8.17. The molecule has 5 heteroatoms. The molecule has 1 aliphatic heterocycles. The summed E-state index contributed by atoms with van der Waals surface area (Å²) in [6.07, 6.45) is 3.77. The monoisotopic (exact) mass is 319 g/mol. The maximum Gasteiger partial charge on any atom is 0.261 e. The van der Waals surface area contributed by atoms with Gasteiger partial charge in [0.05, 0.1) is 6.26 Å². The highest BCUT2D eigenvalue weighted by molar-refractivity contribution is 5.80. The molecule has 0 spiro atoms. The summed E-state index contributed by atoms with van der Waals surface area (Å²) in [6, 6.07) is 5.66. The van der Waals surface area contributed by atoms with Gasteiger partial charge in [-0.15, -0.1) is 0 Å². The van der Waals surface area contributed by atoms with Crippen molar-refractivity contribution in [3.63, 3.8) is 0 Å². The van der Waals surface area contributed by atoms with E-state index in [9.17, 15) is 4.79 Å². The number of benzene rings is 1. The Morgan fingerprint density at radius 3 is 2.70 bits per heavy atom. The predicted molar refractivity (Wildman–Crippen MR) is 88.2 cm³/mol. The summed E-state index contributed by atoms with van der Waals surface area (Å²) >= 11 is 0. The zero-order chi connectivity index (χ0) is 16.7. The van der Waals surface area contributed by atoms with Gasteiger partial charge in [-0.2, -0.15) is 0 Å². The minimum absolute atomic E-state index is 0.104. The van der Waals surface area contributed by atoms with E-state index >= 15 is 0 Å². The molecule has 0 fully saturated rings. The summed E-state index contributed by atoms with van der Waals surface area (Å²) in [5.74, 6) is 1.36. The number of hydrogen-bond donors (Lipinski definition) is 1. The van der Waals surface area contributed by atoms with Gasteiger partial charge in [0.2, 0.25) is 6.79 Å². The van der Waals surface area contributed by atoms with Crippen molar-refractivity contribution >= 4 is 5.91 Å². The van der Waals surface area contributed by atoms with Crippen molar-refractivity contribution in [3.8, 4) is 11.5 Å². The summed E-state index contributed by atoms with van der Waals surface area (Å²) in [6.45, 7) is 6.79. The molecule has 1 atom stereocenters. The van der Waals surface area contributed by atoms with Crippen LogP contribution in [-0.4, -0.2) is 18.8 Å². The van der Waals surface area contributed by atoms with Gasteiger partial charge in [-0.25, -0.2) is 0 Å². The Labute approximate surface area is 137 Å². The summed E-state index contributed by atoms with van der Waals surface area (Å²) < 4.78 is 16.3. The van der Waals surface area contributed by atoms with Crippen molar-refractivity contribution in [2.75, 3.05) is 6.79 Å². The third-order valence-electron chi connectivity index (χ3n) is 3.87. The van der Waals surface area contributed by atoms with Gasteiger partial charge in [-0.3, -0.25) is 4.79 Å². The average molecular weight is 319 g/mol. The lowest BCUT2D eigenvalue weighted by Gasteiger charge is -2.16. The van der Waals surface area contributed by atoms with E-state index in [0.717, 1.165) is 29.9 Å². The van der Waals surface area contributed by atoms with Crippen LogP contribution < -0.4 is 14.8 Å². The summed E-state index contributed by atoms with van der Waals surface area (Å²) in [4.78, 5) is 12.2. The molecule has 2 rings (SSSR count). The van der Waals surface area contributed by atoms with Gasteiger partial charge in [-0.05, 0) is 42.5 Å². The third kappa shape index (κ3) is 4.65. The van der Waals surface area contributed by atoms with E-state index in [1.54, 1.807) is 6.26 Å². The Bertz CT molecular complexity index is 562. The lowest BCUT2D eigenvalue weighted by Crippen LogP contribution is -2.34. The van der Waals surface area contributed by atoms with E-state index in [4.69, 9.17) is 14.2 Å². The maximum atomic E-state index is 12.2. The molecule has 5 nitrogen and oxygen atoms in total. The first-order valence-electron chi connectivity index (χ1n) is 8.17. The second kappa shape index (κ2) is 8.46. The Hall–Kier alpha value is -2.17. The third-order valence-corrected chi connectivity index (χ3v) is 3.87. The fraction of sp³-hybridized carbons (Fsp3) is 0.500. The molecule has 1 aliphatic rings. The highest BCUT2D eigenvalue weighted by Gasteiger charge is 2.17. The van der Waals surface area contributed by atoms with E-state index in [0.29, 0.717) is 13.0 Å². The molecule has 126 valence electrons. The van der Waals surface area contributed by atoms with Crippen molar-refractivity contribution in [3.05, 3.63) is 35.6 Å². The molecule has 0 saturated carbocycles. The lowest BCUT2D eigenvalue weighted by atomic mass is 10.2. The molecule has 1 N–H and O–H groups in total. The average Bonchev–Trinajstić information content (AvgIpc) is 3.04. The maximum absolute atomic E-state index is 12.2. The largest absolute Gasteiger partial charge is 0.488 e. The standard InChI is InChI=1S/C18H25NO4/c1-4-13(5-2)11-21-15(6-3)18(20)19-10-14-7-8-16-17(9-14)23-12-22-16/h7-9,11,15H,4-6,10,12H2,1-3H3,(H,19,20). The molecule has 1 aromatic rings. The van der Waals surface area contributed by atoms with Crippen LogP contribution in [0.4, 0.5) is 0 Å². The van der Waals surface area contributed by atoms with Crippen molar-refractivity contribution in [1.29, 1.82) is 0 Å². The number of allylic oxidation sites excluding steroid dienone is 1. The lowest BCUT2D eigenvalue weighted by molar-refractivity contribution is -0.130. The normalized spacial score (nSPS) is 13.3. The Balaban J connectivity index is 1.88. The minimum atomic E-state index is -0.461. The van der Waals surface area contributed by atoms with Crippen LogP contribution >= 0.6 is 0 Å². The highest BCUT2D eigenvalue weighted by Crippen LogP contribution is 2.32. The number of ether oxygens (including phenoxy) is 3. The summed E-state index contributed by atoms with van der Waals surface area (Å²) in [7, 11) is 0. The van der Waals surface area contributed by atoms with E-state index in [-0.39, 0.29) is 12.7 Å². The molecule has 0 radical (unpaired) electrons. The number of carbonyl (C=O) groups is 1. The van der Waals surface area contributed by atoms with E-state index in [2.05, 4.69) is 19.2 Å². The summed E-state index contributed by atoms with van der Waals surface area (Å²) in [5.41, 5.74) is 2.17. The van der Waals surface area contributed by atoms with E-state index in [1.807, 2.05) is 25.1 Å². The second-order valence-corrected chi connectivity index (χ2v) is 5.42. The molecule has 0 aliphatic carbocycles. The van der Waals surface area contributed by atoms with Crippen LogP contribution in [0.15, 0.2) is 30.0 Å². The predicted octanol–water partition coefficient (Wildman–Crippen LogP) is 3.53. The van der Waals surface area contributed by atoms with Gasteiger partial charge >= 0.3 is 0 Å². The summed E-state index contributed by atoms with van der Waals surface area (Å²) in [5, 5.41) is 2.91. The number of amides is 1. The topological polar surface area (TPSA) is 56.8 Å². The number of fused-ring (bicyclic) bond motifs is 1. The molecular weight excluding hydrogens is 294 g/mol. The van der Waals surface area contributed by atoms with Crippen LogP contribution in [0.5, 0.6) is 11.5 Å². The molecule has 0 aromatic heterocycles. The highest BCUT2D eigenvalue weighted by atomic mass is 16.7. The first-order chi connectivity index (χ1) is 11.2. The van der Waals surface area contributed by atoms with E-state index < -0.39 is 6.10 Å². The molecular formula is C18H25NO4. The molecule has 1 aromatic carbocycles. The van der Waals surface area contributed by atoms with Gasteiger partial charge in [0.15, 0.2) is 17.6 Å². The van der Waals surface area contributed by atoms with Crippen LogP contribution in [0, 0.1) is 0 Å². The SMILES string of the molecule is CCC(=COC(CC)C(=O)NCc1ccc2c(c1)OCO2)CC. The molecule has 1 amide bonds. The number of carbonyl (C=O) groups excluding carboxylic acids is 1. The van der Waals surface area contributed by atoms with Crippen molar-refractivity contribution < 1.29 is 19.0 Å². The molecule has 0 saturated heterocycles. The van der Waals surface area contributed by atoms with Crippen molar-refractivity contribution in [2.24, 2.45) is 0 Å². The van der Waals surface area contributed by atoms with Crippen LogP contribution in [-0.2, 0) is 16.1 Å². The van der Waals surface area contributed by atoms with Crippen LogP contribution in [0.3, 0.4) is 0 Å². The Morgan fingerprint density at radius 1 is 1.26 bits per heavy atom. The van der Waals surface area contributed by atoms with Gasteiger partial charge in [0, 0.05) is 6.54 Å². The molecule has 23 heavy (non-hydrogen) atoms. The Morgan fingerprint density at radius 2 is 2.00 bits per heavy atom. The first kappa shape index (κ1) is 17.2. The van der Waals surface area contributed by atoms with Crippen molar-refractivity contribution in [2.45, 2.75) is 52.7 Å². The van der Waals surface area contributed by atoms with Crippen LogP contribution in [0.1, 0.15) is 45.6 Å². The van der Waals surface area contributed by atoms with Gasteiger partial charge in [-0.1, -0.05) is 26.8 Å². The minimum Gasteiger partial charge on any atom is -0.488 e. The second-order valence-electron chi connectivity index (χ2n) is 5.42. The molecule has 0 bridgehead atoms. The quantitative estimate of drug-likeness (QED) is 0.745. The van der Waals surface area contributed by atoms with Crippen molar-refractivity contribution in [1.82, 2.24) is 5.32 Å². The number of nitrogens with one attached hydrogen (secondary N) is 1. The van der Waals surface area contributed by atoms with Gasteiger partial charge < -0.3 is 19.5 Å². The smallest absolute Gasteiger partial charge is 0.261 e. The van der Waals surface area contributed by atoms with E-state index in [1.165, 1.54) is 5.57 Å². The van der Waals surface area contributed by atoms with Crippen LogP contribution in [0.25, 0.3) is 0 Å². The molecule has 1 unspecified atom stereocenters. The number of rotatable bonds is 8. The van der Waals surface area contributed by atoms with Gasteiger partial charge in [0.25, 0.3) is 5.91 Å². The van der Waals surface area contributed by atoms with Gasteiger partial charge in [0.1, 0.15) is 0 Å². The molecule has 1 heterocycles. The van der Waals surface area contributed by atoms with Crippen LogP contribution in [0.2, 0.25) is 0 Å². The zero-order valence-corrected chi connectivity index (χ0v) is 14.1. The fourth-order valence-corrected chi connectivity index (χ4v) is 2.29.